The fourth-order valence-electron chi connectivity index (χ4n) is 4.50. The molecule has 3 rings (SSSR count). The van der Waals surface area contributed by atoms with E-state index in [0.717, 1.165) is 63.4 Å². The van der Waals surface area contributed by atoms with E-state index in [1.54, 1.807) is 26.1 Å². The molecule has 0 aromatic heterocycles. The highest BCUT2D eigenvalue weighted by molar-refractivity contribution is 5.78. The van der Waals surface area contributed by atoms with Crippen LogP contribution < -0.4 is 10.1 Å². The molecule has 2 fully saturated rings. The molecule has 3 amide bonds. The van der Waals surface area contributed by atoms with Gasteiger partial charge in [0, 0.05) is 65.6 Å². The highest BCUT2D eigenvalue weighted by Gasteiger charge is 2.34. The Balaban J connectivity index is 1.54. The van der Waals surface area contributed by atoms with Crippen molar-refractivity contribution in [3.8, 4) is 5.75 Å². The number of nitrogens with zero attached hydrogens (tertiary/aromatic N) is 3. The third-order valence-corrected chi connectivity index (χ3v) is 6.14. The predicted molar refractivity (Wildman–Crippen MR) is 119 cm³/mol. The van der Waals surface area contributed by atoms with Crippen LogP contribution in [0.2, 0.25) is 0 Å². The predicted octanol–water partition coefficient (Wildman–Crippen LogP) is 1.59. The number of carbonyl (C=O) groups excluding carboxylic acids is 2. The van der Waals surface area contributed by atoms with Crippen LogP contribution in [0.1, 0.15) is 24.8 Å². The van der Waals surface area contributed by atoms with Gasteiger partial charge in [0.15, 0.2) is 0 Å². The van der Waals surface area contributed by atoms with E-state index in [4.69, 9.17) is 9.47 Å². The van der Waals surface area contributed by atoms with Gasteiger partial charge in [-0.05, 0) is 37.0 Å². The van der Waals surface area contributed by atoms with Crippen LogP contribution in [0.25, 0.3) is 0 Å². The van der Waals surface area contributed by atoms with Gasteiger partial charge in [0.2, 0.25) is 5.91 Å². The van der Waals surface area contributed by atoms with E-state index >= 15 is 0 Å². The fourth-order valence-corrected chi connectivity index (χ4v) is 4.50. The fraction of sp³-hybridized carbons (Fsp3) is 0.652. The minimum absolute atomic E-state index is 0.0102. The second-order valence-electron chi connectivity index (χ2n) is 8.53. The summed E-state index contributed by atoms with van der Waals surface area (Å²) in [6.45, 7) is 4.45. The molecule has 0 bridgehead atoms. The molecule has 8 nitrogen and oxygen atoms in total. The summed E-state index contributed by atoms with van der Waals surface area (Å²) >= 11 is 0. The molecule has 0 aliphatic carbocycles. The summed E-state index contributed by atoms with van der Waals surface area (Å²) in [7, 11) is 5.22. The Hall–Kier alpha value is -2.32. The number of urea groups is 1. The number of carbonyl (C=O) groups is 2. The van der Waals surface area contributed by atoms with E-state index in [1.807, 2.05) is 29.2 Å². The summed E-state index contributed by atoms with van der Waals surface area (Å²) in [4.78, 5) is 30.9. The van der Waals surface area contributed by atoms with Gasteiger partial charge in [0.25, 0.3) is 0 Å². The van der Waals surface area contributed by atoms with Gasteiger partial charge < -0.3 is 24.6 Å². The number of benzene rings is 1. The minimum Gasteiger partial charge on any atom is -0.497 e. The van der Waals surface area contributed by atoms with Gasteiger partial charge in [-0.3, -0.25) is 9.69 Å². The zero-order valence-electron chi connectivity index (χ0n) is 19.0. The number of hydrogen-bond acceptors (Lipinski definition) is 5. The Bertz CT molecular complexity index is 736. The number of ether oxygens (including phenoxy) is 2. The molecule has 1 aromatic carbocycles. The van der Waals surface area contributed by atoms with Crippen molar-refractivity contribution >= 4 is 11.9 Å². The maximum atomic E-state index is 12.5. The maximum Gasteiger partial charge on any atom is 0.319 e. The van der Waals surface area contributed by atoms with Crippen molar-refractivity contribution in [1.82, 2.24) is 20.0 Å². The lowest BCUT2D eigenvalue weighted by molar-refractivity contribution is -0.120. The van der Waals surface area contributed by atoms with Crippen LogP contribution in [0.4, 0.5) is 4.79 Å². The van der Waals surface area contributed by atoms with Crippen LogP contribution in [-0.4, -0.2) is 99.3 Å². The molecule has 1 unspecified atom stereocenters. The molecule has 2 saturated heterocycles. The molecule has 2 heterocycles. The molecular weight excluding hydrogens is 396 g/mol. The van der Waals surface area contributed by atoms with Crippen molar-refractivity contribution in [2.75, 3.05) is 60.6 Å². The van der Waals surface area contributed by atoms with Crippen LogP contribution in [-0.2, 0) is 16.0 Å². The molecule has 31 heavy (non-hydrogen) atoms. The van der Waals surface area contributed by atoms with Crippen LogP contribution >= 0.6 is 0 Å². The molecule has 0 saturated carbocycles. The Morgan fingerprint density at radius 3 is 2.68 bits per heavy atom. The van der Waals surface area contributed by atoms with Gasteiger partial charge >= 0.3 is 6.03 Å². The van der Waals surface area contributed by atoms with Crippen molar-refractivity contribution in [2.24, 2.45) is 0 Å². The van der Waals surface area contributed by atoms with Gasteiger partial charge in [-0.15, -0.1) is 0 Å². The Morgan fingerprint density at radius 2 is 1.97 bits per heavy atom. The Morgan fingerprint density at radius 1 is 1.19 bits per heavy atom. The van der Waals surface area contributed by atoms with Gasteiger partial charge in [-0.25, -0.2) is 4.79 Å². The number of nitrogens with one attached hydrogen (secondary N) is 1. The molecular formula is C23H36N4O4. The standard InChI is InChI=1S/C23H36N4O4/c1-25(2)23(29)26-11-7-20(17-26)27(19-8-13-31-14-9-19)12-10-24-22(28)16-18-5-4-6-21(15-18)30-3/h4-6,15,19-20H,7-14,16-17H2,1-3H3,(H,24,28). The molecule has 2 aliphatic heterocycles. The Labute approximate surface area is 185 Å². The monoisotopic (exact) mass is 432 g/mol. The van der Waals surface area contributed by atoms with Crippen molar-refractivity contribution in [1.29, 1.82) is 0 Å². The van der Waals surface area contributed by atoms with Crippen molar-refractivity contribution < 1.29 is 19.1 Å². The minimum atomic E-state index is 0.0102. The van der Waals surface area contributed by atoms with Gasteiger partial charge in [0.1, 0.15) is 5.75 Å². The van der Waals surface area contributed by atoms with E-state index < -0.39 is 0 Å². The molecule has 1 aromatic rings. The summed E-state index contributed by atoms with van der Waals surface area (Å²) < 4.78 is 10.8. The SMILES string of the molecule is COc1cccc(CC(=O)NCCN(C2CCOCC2)C2CCN(C(=O)N(C)C)C2)c1. The smallest absolute Gasteiger partial charge is 0.319 e. The van der Waals surface area contributed by atoms with Crippen LogP contribution in [0.5, 0.6) is 5.75 Å². The van der Waals surface area contributed by atoms with Gasteiger partial charge in [-0.2, -0.15) is 0 Å². The first-order valence-electron chi connectivity index (χ1n) is 11.2. The summed E-state index contributed by atoms with van der Waals surface area (Å²) in [6, 6.07) is 8.43. The largest absolute Gasteiger partial charge is 0.497 e. The van der Waals surface area contributed by atoms with E-state index in [2.05, 4.69) is 10.2 Å². The molecule has 2 aliphatic rings. The summed E-state index contributed by atoms with van der Waals surface area (Å²) in [5.74, 6) is 0.769. The first-order valence-corrected chi connectivity index (χ1v) is 11.2. The van der Waals surface area contributed by atoms with Crippen LogP contribution in [0, 0.1) is 0 Å². The average molecular weight is 433 g/mol. The highest BCUT2D eigenvalue weighted by Crippen LogP contribution is 2.23. The van der Waals surface area contributed by atoms with Crippen LogP contribution in [0.3, 0.4) is 0 Å². The summed E-state index contributed by atoms with van der Waals surface area (Å²) in [5, 5.41) is 3.07. The Kier molecular flexibility index (Phi) is 8.54. The molecule has 172 valence electrons. The molecule has 1 N–H and O–H groups in total. The lowest BCUT2D eigenvalue weighted by Crippen LogP contribution is -2.50. The molecule has 0 spiro atoms. The van der Waals surface area contributed by atoms with Gasteiger partial charge in [0.05, 0.1) is 13.5 Å². The van der Waals surface area contributed by atoms with Gasteiger partial charge in [-0.1, -0.05) is 12.1 Å². The quantitative estimate of drug-likeness (QED) is 0.675. The first kappa shape index (κ1) is 23.3. The first-order chi connectivity index (χ1) is 15.0. The number of methoxy groups -OCH3 is 1. The lowest BCUT2D eigenvalue weighted by atomic mass is 10.0. The van der Waals surface area contributed by atoms with E-state index in [0.29, 0.717) is 25.0 Å². The second kappa shape index (κ2) is 11.3. The third kappa shape index (κ3) is 6.58. The van der Waals surface area contributed by atoms with Crippen LogP contribution in [0.15, 0.2) is 24.3 Å². The van der Waals surface area contributed by atoms with E-state index in [1.165, 1.54) is 0 Å². The average Bonchev–Trinajstić information content (AvgIpc) is 3.26. The van der Waals surface area contributed by atoms with Crippen molar-refractivity contribution in [3.63, 3.8) is 0 Å². The molecule has 0 radical (unpaired) electrons. The molecule has 8 heteroatoms. The summed E-state index contributed by atoms with van der Waals surface area (Å²) in [5.41, 5.74) is 0.937. The van der Waals surface area contributed by atoms with Crippen molar-refractivity contribution in [2.45, 2.75) is 37.8 Å². The topological polar surface area (TPSA) is 74.3 Å². The van der Waals surface area contributed by atoms with E-state index in [-0.39, 0.29) is 11.9 Å². The second-order valence-corrected chi connectivity index (χ2v) is 8.53. The number of rotatable bonds is 8. The summed E-state index contributed by atoms with van der Waals surface area (Å²) in [6.07, 6.45) is 3.30. The van der Waals surface area contributed by atoms with Crippen molar-refractivity contribution in [3.05, 3.63) is 29.8 Å². The zero-order valence-corrected chi connectivity index (χ0v) is 19.0. The highest BCUT2D eigenvalue weighted by atomic mass is 16.5. The lowest BCUT2D eigenvalue weighted by Gasteiger charge is -2.38. The third-order valence-electron chi connectivity index (χ3n) is 6.14. The zero-order chi connectivity index (χ0) is 22.2. The number of hydrogen-bond donors (Lipinski definition) is 1. The molecule has 1 atom stereocenters. The van der Waals surface area contributed by atoms with E-state index in [9.17, 15) is 9.59 Å². The number of amides is 3. The maximum absolute atomic E-state index is 12.5. The normalized spacial score (nSPS) is 19.5. The number of likely N-dealkylation sites (tertiary alicyclic amines) is 1.